The second kappa shape index (κ2) is 7.01. The highest BCUT2D eigenvalue weighted by Gasteiger charge is 2.13. The van der Waals surface area contributed by atoms with Gasteiger partial charge in [-0.3, -0.25) is 0 Å². The predicted molar refractivity (Wildman–Crippen MR) is 90.8 cm³/mol. The van der Waals surface area contributed by atoms with E-state index in [4.69, 9.17) is 34.8 Å². The van der Waals surface area contributed by atoms with Crippen LogP contribution in [0.3, 0.4) is 0 Å². The number of aromatic nitrogens is 1. The number of hydrogen-bond acceptors (Lipinski definition) is 3. The molecule has 1 heterocycles. The van der Waals surface area contributed by atoms with E-state index in [1.165, 1.54) is 12.1 Å². The van der Waals surface area contributed by atoms with Crippen molar-refractivity contribution in [2.75, 3.05) is 17.2 Å². The number of pyridine rings is 1. The van der Waals surface area contributed by atoms with E-state index >= 15 is 0 Å². The predicted octanol–water partition coefficient (Wildman–Crippen LogP) is 6.12. The van der Waals surface area contributed by atoms with E-state index in [2.05, 4.69) is 31.5 Å². The van der Waals surface area contributed by atoms with Gasteiger partial charge in [-0.2, -0.15) is 0 Å². The van der Waals surface area contributed by atoms with E-state index in [9.17, 15) is 4.39 Å². The van der Waals surface area contributed by atoms with E-state index in [1.807, 2.05) is 6.92 Å². The van der Waals surface area contributed by atoms with Crippen molar-refractivity contribution in [2.24, 2.45) is 0 Å². The van der Waals surface area contributed by atoms with Gasteiger partial charge in [0, 0.05) is 11.0 Å². The molecule has 3 nitrogen and oxygen atoms in total. The number of benzene rings is 1. The molecule has 21 heavy (non-hydrogen) atoms. The van der Waals surface area contributed by atoms with Crippen LogP contribution >= 0.6 is 50.7 Å². The lowest BCUT2D eigenvalue weighted by molar-refractivity contribution is 0.627. The summed E-state index contributed by atoms with van der Waals surface area (Å²) in [4.78, 5) is 4.30. The molecule has 0 saturated carbocycles. The van der Waals surface area contributed by atoms with Crippen LogP contribution in [0.2, 0.25) is 15.1 Å². The van der Waals surface area contributed by atoms with Crippen LogP contribution in [-0.4, -0.2) is 11.5 Å². The van der Waals surface area contributed by atoms with Crippen LogP contribution in [0.1, 0.15) is 6.92 Å². The van der Waals surface area contributed by atoms with Crippen LogP contribution in [0, 0.1) is 5.82 Å². The molecule has 8 heteroatoms. The summed E-state index contributed by atoms with van der Waals surface area (Å²) in [5.41, 5.74) is 0.470. The molecule has 0 atom stereocenters. The standard InChI is InChI=1S/C13H10BrCl3FN3/c1-2-19-12-9(16)5-10(17)13(21-12)20-11-7(14)3-6(18)4-8(11)15/h3-5H,2H2,1H3,(H2,19,20,21). The van der Waals surface area contributed by atoms with Crippen molar-refractivity contribution in [3.05, 3.63) is 43.6 Å². The van der Waals surface area contributed by atoms with Crippen LogP contribution in [0.4, 0.5) is 21.7 Å². The summed E-state index contributed by atoms with van der Waals surface area (Å²) in [6.07, 6.45) is 0. The van der Waals surface area contributed by atoms with Gasteiger partial charge in [0.15, 0.2) is 5.82 Å². The third kappa shape index (κ3) is 3.92. The zero-order valence-corrected chi connectivity index (χ0v) is 14.6. The largest absolute Gasteiger partial charge is 0.369 e. The van der Waals surface area contributed by atoms with Gasteiger partial charge >= 0.3 is 0 Å². The minimum Gasteiger partial charge on any atom is -0.369 e. The summed E-state index contributed by atoms with van der Waals surface area (Å²) in [5, 5.41) is 6.95. The molecular formula is C13H10BrCl3FN3. The second-order valence-corrected chi connectivity index (χ2v) is 6.12. The molecule has 0 saturated heterocycles. The van der Waals surface area contributed by atoms with Gasteiger partial charge in [0.1, 0.15) is 11.6 Å². The number of anilines is 3. The monoisotopic (exact) mass is 411 g/mol. The lowest BCUT2D eigenvalue weighted by Gasteiger charge is -2.14. The van der Waals surface area contributed by atoms with Crippen molar-refractivity contribution in [3.8, 4) is 0 Å². The molecule has 1 aromatic heterocycles. The molecule has 0 bridgehead atoms. The Kier molecular flexibility index (Phi) is 5.54. The molecular weight excluding hydrogens is 403 g/mol. The third-order valence-electron chi connectivity index (χ3n) is 2.52. The first-order valence-electron chi connectivity index (χ1n) is 5.93. The Morgan fingerprint density at radius 3 is 2.38 bits per heavy atom. The maximum atomic E-state index is 13.2. The van der Waals surface area contributed by atoms with Crippen molar-refractivity contribution < 1.29 is 4.39 Å². The van der Waals surface area contributed by atoms with Crippen molar-refractivity contribution in [2.45, 2.75) is 6.92 Å². The van der Waals surface area contributed by atoms with Crippen LogP contribution in [0.5, 0.6) is 0 Å². The summed E-state index contributed by atoms with van der Waals surface area (Å²) >= 11 is 21.4. The first-order chi connectivity index (χ1) is 9.92. The molecule has 0 aliphatic rings. The van der Waals surface area contributed by atoms with E-state index < -0.39 is 5.82 Å². The molecule has 0 fully saturated rings. The Morgan fingerprint density at radius 2 is 1.76 bits per heavy atom. The smallest absolute Gasteiger partial charge is 0.151 e. The maximum absolute atomic E-state index is 13.2. The SMILES string of the molecule is CCNc1nc(Nc2c(Cl)cc(F)cc2Br)c(Cl)cc1Cl. The minimum absolute atomic E-state index is 0.208. The van der Waals surface area contributed by atoms with Crippen LogP contribution in [0.25, 0.3) is 0 Å². The number of rotatable bonds is 4. The average Bonchev–Trinajstić information content (AvgIpc) is 2.38. The van der Waals surface area contributed by atoms with Crippen molar-refractivity contribution >= 4 is 68.1 Å². The van der Waals surface area contributed by atoms with Crippen molar-refractivity contribution in [1.82, 2.24) is 4.98 Å². The molecule has 0 amide bonds. The normalized spacial score (nSPS) is 10.6. The number of hydrogen-bond donors (Lipinski definition) is 2. The first-order valence-corrected chi connectivity index (χ1v) is 7.86. The molecule has 0 aliphatic heterocycles. The van der Waals surface area contributed by atoms with Gasteiger partial charge in [-0.25, -0.2) is 9.37 Å². The molecule has 0 unspecified atom stereocenters. The molecule has 2 N–H and O–H groups in total. The summed E-state index contributed by atoms with van der Waals surface area (Å²) in [6.45, 7) is 2.59. The zero-order valence-electron chi connectivity index (χ0n) is 10.8. The fourth-order valence-electron chi connectivity index (χ4n) is 1.63. The highest BCUT2D eigenvalue weighted by molar-refractivity contribution is 9.10. The minimum atomic E-state index is -0.444. The van der Waals surface area contributed by atoms with Gasteiger partial charge in [-0.05, 0) is 41.1 Å². The van der Waals surface area contributed by atoms with Gasteiger partial charge in [0.05, 0.1) is 20.8 Å². The summed E-state index contributed by atoms with van der Waals surface area (Å²) in [7, 11) is 0. The Balaban J connectivity index is 2.42. The first kappa shape index (κ1) is 16.6. The molecule has 0 aliphatic carbocycles. The summed E-state index contributed by atoms with van der Waals surface area (Å²) < 4.78 is 13.7. The lowest BCUT2D eigenvalue weighted by atomic mass is 10.3. The lowest BCUT2D eigenvalue weighted by Crippen LogP contribution is -2.03. The number of nitrogens with one attached hydrogen (secondary N) is 2. The number of halogens is 5. The average molecular weight is 414 g/mol. The Bertz CT molecular complexity index is 659. The highest BCUT2D eigenvalue weighted by atomic mass is 79.9. The molecule has 2 rings (SSSR count). The number of nitrogens with zero attached hydrogens (tertiary/aromatic N) is 1. The van der Waals surface area contributed by atoms with Gasteiger partial charge in [0.2, 0.25) is 0 Å². The molecule has 2 aromatic rings. The van der Waals surface area contributed by atoms with E-state index in [0.717, 1.165) is 0 Å². The molecule has 1 aromatic carbocycles. The van der Waals surface area contributed by atoms with Gasteiger partial charge < -0.3 is 10.6 Å². The maximum Gasteiger partial charge on any atom is 0.151 e. The highest BCUT2D eigenvalue weighted by Crippen LogP contribution is 2.37. The van der Waals surface area contributed by atoms with Crippen molar-refractivity contribution in [1.29, 1.82) is 0 Å². The third-order valence-corrected chi connectivity index (χ3v) is 4.02. The second-order valence-electron chi connectivity index (χ2n) is 4.05. The van der Waals surface area contributed by atoms with E-state index in [-0.39, 0.29) is 5.02 Å². The van der Waals surface area contributed by atoms with Crippen LogP contribution < -0.4 is 10.6 Å². The van der Waals surface area contributed by atoms with Gasteiger partial charge in [-0.1, -0.05) is 34.8 Å². The Morgan fingerprint density at radius 1 is 1.10 bits per heavy atom. The summed E-state index contributed by atoms with van der Waals surface area (Å²) in [6, 6.07) is 4.06. The van der Waals surface area contributed by atoms with Crippen LogP contribution in [-0.2, 0) is 0 Å². The van der Waals surface area contributed by atoms with Gasteiger partial charge in [0.25, 0.3) is 0 Å². The quantitative estimate of drug-likeness (QED) is 0.634. The Labute approximate surface area is 144 Å². The van der Waals surface area contributed by atoms with E-state index in [0.29, 0.717) is 38.4 Å². The fourth-order valence-corrected chi connectivity index (χ4v) is 3.00. The van der Waals surface area contributed by atoms with Crippen LogP contribution in [0.15, 0.2) is 22.7 Å². The van der Waals surface area contributed by atoms with Gasteiger partial charge in [-0.15, -0.1) is 0 Å². The molecule has 112 valence electrons. The summed E-state index contributed by atoms with van der Waals surface area (Å²) in [5.74, 6) is 0.424. The van der Waals surface area contributed by atoms with Crippen molar-refractivity contribution in [3.63, 3.8) is 0 Å². The molecule has 0 spiro atoms. The Hall–Kier alpha value is -0.750. The zero-order chi connectivity index (χ0) is 15.6. The van der Waals surface area contributed by atoms with E-state index in [1.54, 1.807) is 6.07 Å². The molecule has 0 radical (unpaired) electrons. The topological polar surface area (TPSA) is 37.0 Å². The fraction of sp³-hybridized carbons (Fsp3) is 0.154.